The Morgan fingerprint density at radius 3 is 2.68 bits per heavy atom. The lowest BCUT2D eigenvalue weighted by Gasteiger charge is -2.33. The molecule has 1 fully saturated rings. The molecule has 0 bridgehead atoms. The minimum atomic E-state index is -0.271. The van der Waals surface area contributed by atoms with E-state index in [4.69, 9.17) is 0 Å². The number of rotatable bonds is 4. The predicted molar refractivity (Wildman–Crippen MR) is 94.5 cm³/mol. The molecule has 0 spiro atoms. The second kappa shape index (κ2) is 7.70. The fourth-order valence-corrected chi connectivity index (χ4v) is 3.28. The Labute approximate surface area is 147 Å². The quantitative estimate of drug-likeness (QED) is 0.857. The lowest BCUT2D eigenvalue weighted by molar-refractivity contribution is -0.133. The van der Waals surface area contributed by atoms with Crippen LogP contribution in [0.5, 0.6) is 0 Å². The molecule has 0 saturated carbocycles. The standard InChI is InChI=1S/C19H23FN4O/c1-23(2)13-17(25)24-11-3-4-15(12-24)19-18(21-9-10-22-19)14-5-7-16(20)8-6-14/h5-10,15H,3-4,11-13H2,1-2H3. The van der Waals surface area contributed by atoms with E-state index in [0.29, 0.717) is 13.1 Å². The van der Waals surface area contributed by atoms with Crippen LogP contribution in [0.3, 0.4) is 0 Å². The highest BCUT2D eigenvalue weighted by atomic mass is 19.1. The van der Waals surface area contributed by atoms with Crippen LogP contribution in [0.4, 0.5) is 4.39 Å². The Bertz CT molecular complexity index is 732. The predicted octanol–water partition coefficient (Wildman–Crippen LogP) is 2.55. The van der Waals surface area contributed by atoms with Crippen LogP contribution in [0.1, 0.15) is 24.5 Å². The molecule has 1 aliphatic rings. The first-order valence-electron chi connectivity index (χ1n) is 8.54. The van der Waals surface area contributed by atoms with Crippen LogP contribution in [0.2, 0.25) is 0 Å². The zero-order valence-corrected chi connectivity index (χ0v) is 14.7. The van der Waals surface area contributed by atoms with Crippen LogP contribution in [-0.4, -0.2) is 59.4 Å². The number of aromatic nitrogens is 2. The summed E-state index contributed by atoms with van der Waals surface area (Å²) in [6.07, 6.45) is 5.25. The van der Waals surface area contributed by atoms with Crippen molar-refractivity contribution in [3.63, 3.8) is 0 Å². The number of hydrogen-bond donors (Lipinski definition) is 0. The van der Waals surface area contributed by atoms with Gasteiger partial charge in [-0.25, -0.2) is 4.39 Å². The third-order valence-electron chi connectivity index (χ3n) is 4.46. The van der Waals surface area contributed by atoms with E-state index in [9.17, 15) is 9.18 Å². The van der Waals surface area contributed by atoms with E-state index >= 15 is 0 Å². The van der Waals surface area contributed by atoms with Crippen LogP contribution >= 0.6 is 0 Å². The van der Waals surface area contributed by atoms with E-state index in [2.05, 4.69) is 9.97 Å². The first-order valence-corrected chi connectivity index (χ1v) is 8.54. The average molecular weight is 342 g/mol. The van der Waals surface area contributed by atoms with Crippen molar-refractivity contribution in [2.75, 3.05) is 33.7 Å². The first-order chi connectivity index (χ1) is 12.0. The molecule has 0 radical (unpaired) electrons. The normalized spacial score (nSPS) is 17.8. The average Bonchev–Trinajstić information content (AvgIpc) is 2.62. The van der Waals surface area contributed by atoms with Crippen molar-refractivity contribution in [2.24, 2.45) is 0 Å². The number of amides is 1. The number of piperidine rings is 1. The highest BCUT2D eigenvalue weighted by Gasteiger charge is 2.28. The summed E-state index contributed by atoms with van der Waals surface area (Å²) in [6, 6.07) is 6.31. The molecule has 25 heavy (non-hydrogen) atoms. The second-order valence-corrected chi connectivity index (χ2v) is 6.71. The molecule has 1 aromatic heterocycles. The number of likely N-dealkylation sites (tertiary alicyclic amines) is 1. The molecule has 1 aromatic carbocycles. The second-order valence-electron chi connectivity index (χ2n) is 6.71. The van der Waals surface area contributed by atoms with Crippen molar-refractivity contribution >= 4 is 5.91 Å². The van der Waals surface area contributed by atoms with E-state index in [1.165, 1.54) is 12.1 Å². The Kier molecular flexibility index (Phi) is 5.38. The molecular weight excluding hydrogens is 319 g/mol. The van der Waals surface area contributed by atoms with Crippen LogP contribution in [0.25, 0.3) is 11.3 Å². The molecule has 1 amide bonds. The van der Waals surface area contributed by atoms with Gasteiger partial charge >= 0.3 is 0 Å². The van der Waals surface area contributed by atoms with Crippen LogP contribution < -0.4 is 0 Å². The van der Waals surface area contributed by atoms with Crippen LogP contribution in [0, 0.1) is 5.82 Å². The topological polar surface area (TPSA) is 49.3 Å². The largest absolute Gasteiger partial charge is 0.341 e. The highest BCUT2D eigenvalue weighted by Crippen LogP contribution is 2.31. The Morgan fingerprint density at radius 1 is 1.24 bits per heavy atom. The number of halogens is 1. The van der Waals surface area contributed by atoms with Gasteiger partial charge in [0.05, 0.1) is 17.9 Å². The fourth-order valence-electron chi connectivity index (χ4n) is 3.28. The third kappa shape index (κ3) is 4.20. The van der Waals surface area contributed by atoms with Gasteiger partial charge in [-0.3, -0.25) is 14.8 Å². The Hall–Kier alpha value is -2.34. The number of carbonyl (C=O) groups excluding carboxylic acids is 1. The summed E-state index contributed by atoms with van der Waals surface area (Å²) in [5.41, 5.74) is 2.51. The summed E-state index contributed by atoms with van der Waals surface area (Å²) in [5.74, 6) is 0.0165. The SMILES string of the molecule is CN(C)CC(=O)N1CCCC(c2nccnc2-c2ccc(F)cc2)C1. The Morgan fingerprint density at radius 2 is 1.96 bits per heavy atom. The zero-order valence-electron chi connectivity index (χ0n) is 14.7. The van der Waals surface area contributed by atoms with Crippen molar-refractivity contribution < 1.29 is 9.18 Å². The van der Waals surface area contributed by atoms with E-state index < -0.39 is 0 Å². The van der Waals surface area contributed by atoms with Crippen LogP contribution in [0.15, 0.2) is 36.7 Å². The molecule has 1 aliphatic heterocycles. The van der Waals surface area contributed by atoms with Gasteiger partial charge in [0.1, 0.15) is 5.82 Å². The number of carbonyl (C=O) groups is 1. The molecule has 5 nitrogen and oxygen atoms in total. The molecule has 1 saturated heterocycles. The summed E-state index contributed by atoms with van der Waals surface area (Å²) in [7, 11) is 3.79. The number of nitrogens with zero attached hydrogens (tertiary/aromatic N) is 4. The lowest BCUT2D eigenvalue weighted by Crippen LogP contribution is -2.43. The van der Waals surface area contributed by atoms with Gasteiger partial charge in [-0.2, -0.15) is 0 Å². The van der Waals surface area contributed by atoms with Crippen molar-refractivity contribution in [1.82, 2.24) is 19.8 Å². The molecule has 132 valence electrons. The van der Waals surface area contributed by atoms with Gasteiger partial charge < -0.3 is 9.80 Å². The van der Waals surface area contributed by atoms with Crippen molar-refractivity contribution in [1.29, 1.82) is 0 Å². The van der Waals surface area contributed by atoms with E-state index in [0.717, 1.165) is 36.3 Å². The molecule has 2 aromatic rings. The summed E-state index contributed by atoms with van der Waals surface area (Å²) >= 11 is 0. The molecule has 6 heteroatoms. The number of benzene rings is 1. The van der Waals surface area contributed by atoms with Gasteiger partial charge in [-0.1, -0.05) is 0 Å². The van der Waals surface area contributed by atoms with E-state index in [1.54, 1.807) is 24.5 Å². The zero-order chi connectivity index (χ0) is 17.8. The molecule has 1 unspecified atom stereocenters. The summed E-state index contributed by atoms with van der Waals surface area (Å²) < 4.78 is 13.2. The molecule has 1 atom stereocenters. The van der Waals surface area contributed by atoms with Crippen LogP contribution in [-0.2, 0) is 4.79 Å². The lowest BCUT2D eigenvalue weighted by atomic mass is 9.91. The number of hydrogen-bond acceptors (Lipinski definition) is 4. The fraction of sp³-hybridized carbons (Fsp3) is 0.421. The van der Waals surface area contributed by atoms with Gasteiger partial charge in [0.2, 0.25) is 5.91 Å². The first kappa shape index (κ1) is 17.5. The monoisotopic (exact) mass is 342 g/mol. The maximum Gasteiger partial charge on any atom is 0.236 e. The van der Waals surface area contributed by atoms with Gasteiger partial charge in [0.15, 0.2) is 0 Å². The maximum absolute atomic E-state index is 13.2. The van der Waals surface area contributed by atoms with Gasteiger partial charge in [0.25, 0.3) is 0 Å². The van der Waals surface area contributed by atoms with E-state index in [1.807, 2.05) is 23.9 Å². The van der Waals surface area contributed by atoms with Gasteiger partial charge in [0, 0.05) is 37.0 Å². The summed E-state index contributed by atoms with van der Waals surface area (Å²) in [5, 5.41) is 0. The minimum Gasteiger partial charge on any atom is -0.341 e. The highest BCUT2D eigenvalue weighted by molar-refractivity contribution is 5.78. The Balaban J connectivity index is 1.84. The maximum atomic E-state index is 13.2. The third-order valence-corrected chi connectivity index (χ3v) is 4.46. The van der Waals surface area contributed by atoms with Crippen molar-refractivity contribution in [2.45, 2.75) is 18.8 Å². The number of likely N-dealkylation sites (N-methyl/N-ethyl adjacent to an activating group) is 1. The minimum absolute atomic E-state index is 0.141. The van der Waals surface area contributed by atoms with Crippen molar-refractivity contribution in [3.05, 3.63) is 48.2 Å². The smallest absolute Gasteiger partial charge is 0.236 e. The molecule has 0 aliphatic carbocycles. The van der Waals surface area contributed by atoms with Crippen molar-refractivity contribution in [3.8, 4) is 11.3 Å². The molecule has 0 N–H and O–H groups in total. The molecule has 3 rings (SSSR count). The summed E-state index contributed by atoms with van der Waals surface area (Å²) in [6.45, 7) is 1.85. The van der Waals surface area contributed by atoms with Gasteiger partial charge in [-0.15, -0.1) is 0 Å². The van der Waals surface area contributed by atoms with E-state index in [-0.39, 0.29) is 17.6 Å². The summed E-state index contributed by atoms with van der Waals surface area (Å²) in [4.78, 5) is 25.2. The molecular formula is C19H23FN4O. The molecule has 2 heterocycles. The van der Waals surface area contributed by atoms with Gasteiger partial charge in [-0.05, 0) is 51.2 Å².